The molecule has 4 aromatic rings. The summed E-state index contributed by atoms with van der Waals surface area (Å²) in [6.45, 7) is 1.96. The van der Waals surface area contributed by atoms with Gasteiger partial charge in [0.15, 0.2) is 23.0 Å². The van der Waals surface area contributed by atoms with Crippen molar-refractivity contribution in [3.8, 4) is 28.7 Å². The molecule has 2 heterocycles. The third-order valence-electron chi connectivity index (χ3n) is 5.14. The first-order valence-corrected chi connectivity index (χ1v) is 10.3. The standard InChI is InChI=1S/C23H24N6O5/c1-13-17(26-23(34-13)14-8-9-18(32-3)19(10-14)33-4)12-29-21(24)20(27-28-29)22(30)25-15-6-5-7-16(11-15)31-2/h5-11H,12,24H2,1-4H3,(H,25,30). The fraction of sp³-hybridized carbons (Fsp3) is 0.217. The Balaban J connectivity index is 1.53. The zero-order valence-corrected chi connectivity index (χ0v) is 19.2. The van der Waals surface area contributed by atoms with E-state index in [0.717, 1.165) is 5.56 Å². The molecule has 0 spiro atoms. The number of nitrogens with one attached hydrogen (secondary N) is 1. The van der Waals surface area contributed by atoms with Crippen molar-refractivity contribution in [2.75, 3.05) is 32.4 Å². The molecule has 0 bridgehead atoms. The van der Waals surface area contributed by atoms with Crippen LogP contribution in [0.25, 0.3) is 11.5 Å². The maximum Gasteiger partial charge on any atom is 0.280 e. The molecule has 176 valence electrons. The van der Waals surface area contributed by atoms with Crippen LogP contribution in [0.2, 0.25) is 0 Å². The second-order valence-electron chi connectivity index (χ2n) is 7.26. The van der Waals surface area contributed by atoms with Crippen molar-refractivity contribution in [3.63, 3.8) is 0 Å². The van der Waals surface area contributed by atoms with Crippen LogP contribution in [0.3, 0.4) is 0 Å². The predicted molar refractivity (Wildman–Crippen MR) is 124 cm³/mol. The molecule has 34 heavy (non-hydrogen) atoms. The number of hydrogen-bond donors (Lipinski definition) is 2. The number of hydrogen-bond acceptors (Lipinski definition) is 9. The van der Waals surface area contributed by atoms with Crippen LogP contribution in [-0.2, 0) is 6.54 Å². The van der Waals surface area contributed by atoms with Crippen LogP contribution >= 0.6 is 0 Å². The van der Waals surface area contributed by atoms with E-state index in [9.17, 15) is 4.79 Å². The van der Waals surface area contributed by atoms with Gasteiger partial charge in [-0.3, -0.25) is 4.79 Å². The van der Waals surface area contributed by atoms with E-state index in [1.54, 1.807) is 64.7 Å². The fourth-order valence-electron chi connectivity index (χ4n) is 3.30. The first-order chi connectivity index (χ1) is 16.4. The van der Waals surface area contributed by atoms with E-state index in [2.05, 4.69) is 20.6 Å². The van der Waals surface area contributed by atoms with Crippen molar-refractivity contribution in [2.24, 2.45) is 0 Å². The maximum atomic E-state index is 12.7. The lowest BCUT2D eigenvalue weighted by atomic mass is 10.2. The normalized spacial score (nSPS) is 10.7. The molecule has 11 heteroatoms. The van der Waals surface area contributed by atoms with Gasteiger partial charge in [0, 0.05) is 17.3 Å². The van der Waals surface area contributed by atoms with Gasteiger partial charge in [-0.05, 0) is 37.3 Å². The summed E-state index contributed by atoms with van der Waals surface area (Å²) in [4.78, 5) is 17.2. The van der Waals surface area contributed by atoms with Crippen molar-refractivity contribution in [1.29, 1.82) is 0 Å². The second kappa shape index (κ2) is 9.53. The quantitative estimate of drug-likeness (QED) is 0.402. The van der Waals surface area contributed by atoms with Crippen LogP contribution < -0.4 is 25.3 Å². The molecule has 0 aliphatic heterocycles. The Morgan fingerprint density at radius 3 is 2.62 bits per heavy atom. The lowest BCUT2D eigenvalue weighted by Crippen LogP contribution is -2.15. The van der Waals surface area contributed by atoms with Crippen molar-refractivity contribution >= 4 is 17.4 Å². The molecule has 0 unspecified atom stereocenters. The van der Waals surface area contributed by atoms with Crippen molar-refractivity contribution < 1.29 is 23.4 Å². The van der Waals surface area contributed by atoms with Gasteiger partial charge < -0.3 is 29.7 Å². The van der Waals surface area contributed by atoms with E-state index in [0.29, 0.717) is 40.3 Å². The van der Waals surface area contributed by atoms with Crippen LogP contribution in [0.15, 0.2) is 46.9 Å². The third-order valence-corrected chi connectivity index (χ3v) is 5.14. The number of carbonyl (C=O) groups is 1. The molecule has 0 fully saturated rings. The minimum Gasteiger partial charge on any atom is -0.497 e. The number of methoxy groups -OCH3 is 3. The van der Waals surface area contributed by atoms with Gasteiger partial charge in [0.2, 0.25) is 5.89 Å². The highest BCUT2D eigenvalue weighted by Crippen LogP contribution is 2.32. The van der Waals surface area contributed by atoms with Gasteiger partial charge in [-0.15, -0.1) is 5.10 Å². The molecule has 0 aliphatic carbocycles. The number of aryl methyl sites for hydroxylation is 1. The molecule has 4 rings (SSSR count). The second-order valence-corrected chi connectivity index (χ2v) is 7.26. The Morgan fingerprint density at radius 2 is 1.88 bits per heavy atom. The molecule has 2 aromatic heterocycles. The van der Waals surface area contributed by atoms with Gasteiger partial charge in [0.25, 0.3) is 5.91 Å². The zero-order chi connectivity index (χ0) is 24.2. The number of anilines is 2. The molecular formula is C23H24N6O5. The van der Waals surface area contributed by atoms with Gasteiger partial charge in [-0.1, -0.05) is 11.3 Å². The van der Waals surface area contributed by atoms with Crippen LogP contribution in [0.1, 0.15) is 21.9 Å². The van der Waals surface area contributed by atoms with Crippen molar-refractivity contribution in [2.45, 2.75) is 13.5 Å². The van der Waals surface area contributed by atoms with Gasteiger partial charge >= 0.3 is 0 Å². The van der Waals surface area contributed by atoms with Crippen LogP contribution in [0, 0.1) is 6.92 Å². The number of aromatic nitrogens is 4. The Hall–Kier alpha value is -4.54. The third kappa shape index (κ3) is 4.49. The lowest BCUT2D eigenvalue weighted by molar-refractivity contribution is 0.102. The van der Waals surface area contributed by atoms with E-state index in [1.807, 2.05) is 6.07 Å². The Kier molecular flexibility index (Phi) is 6.35. The average Bonchev–Trinajstić information content (AvgIpc) is 3.41. The van der Waals surface area contributed by atoms with E-state index >= 15 is 0 Å². The SMILES string of the molecule is COc1cccc(NC(=O)c2nnn(Cc3nc(-c4ccc(OC)c(OC)c4)oc3C)c2N)c1. The minimum absolute atomic E-state index is 0.00378. The highest BCUT2D eigenvalue weighted by molar-refractivity contribution is 6.05. The molecule has 11 nitrogen and oxygen atoms in total. The first kappa shape index (κ1) is 22.6. The number of benzene rings is 2. The lowest BCUT2D eigenvalue weighted by Gasteiger charge is -2.07. The molecule has 0 atom stereocenters. The number of rotatable bonds is 8. The molecule has 3 N–H and O–H groups in total. The average molecular weight is 464 g/mol. The van der Waals surface area contributed by atoms with Crippen LogP contribution in [0.4, 0.5) is 11.5 Å². The summed E-state index contributed by atoms with van der Waals surface area (Å²) in [7, 11) is 4.68. The zero-order valence-electron chi connectivity index (χ0n) is 19.2. The summed E-state index contributed by atoms with van der Waals surface area (Å²) >= 11 is 0. The topological polar surface area (TPSA) is 140 Å². The van der Waals surface area contributed by atoms with Crippen molar-refractivity contribution in [3.05, 3.63) is 59.6 Å². The van der Waals surface area contributed by atoms with E-state index in [4.69, 9.17) is 24.4 Å². The molecule has 0 saturated heterocycles. The molecule has 2 aromatic carbocycles. The largest absolute Gasteiger partial charge is 0.497 e. The van der Waals surface area contributed by atoms with Crippen molar-refractivity contribution in [1.82, 2.24) is 20.0 Å². The molecular weight excluding hydrogens is 440 g/mol. The molecule has 0 aliphatic rings. The highest BCUT2D eigenvalue weighted by Gasteiger charge is 2.20. The number of carbonyl (C=O) groups excluding carboxylic acids is 1. The monoisotopic (exact) mass is 464 g/mol. The summed E-state index contributed by atoms with van der Waals surface area (Å²) in [5.41, 5.74) is 8.03. The van der Waals surface area contributed by atoms with Gasteiger partial charge in [0.05, 0.1) is 27.9 Å². The molecule has 0 radical (unpaired) electrons. The Labute approximate surface area is 195 Å². The predicted octanol–water partition coefficient (Wildman–Crippen LogP) is 3.15. The molecule has 1 amide bonds. The van der Waals surface area contributed by atoms with Crippen LogP contribution in [0.5, 0.6) is 17.2 Å². The summed E-state index contributed by atoms with van der Waals surface area (Å²) in [5.74, 6) is 2.39. The number of nitrogens with zero attached hydrogens (tertiary/aromatic N) is 4. The number of oxazole rings is 1. The summed E-state index contributed by atoms with van der Waals surface area (Å²) < 4.78 is 23.0. The summed E-state index contributed by atoms with van der Waals surface area (Å²) in [5, 5.41) is 10.7. The summed E-state index contributed by atoms with van der Waals surface area (Å²) in [6, 6.07) is 12.3. The Bertz CT molecular complexity index is 1330. The maximum absolute atomic E-state index is 12.7. The van der Waals surface area contributed by atoms with E-state index in [-0.39, 0.29) is 18.1 Å². The Morgan fingerprint density at radius 1 is 1.09 bits per heavy atom. The van der Waals surface area contributed by atoms with Gasteiger partial charge in [0.1, 0.15) is 17.2 Å². The van der Waals surface area contributed by atoms with E-state index in [1.165, 1.54) is 4.68 Å². The van der Waals surface area contributed by atoms with E-state index < -0.39 is 5.91 Å². The van der Waals surface area contributed by atoms with Gasteiger partial charge in [-0.25, -0.2) is 9.67 Å². The number of ether oxygens (including phenoxy) is 3. The number of nitrogens with two attached hydrogens (primary N) is 1. The number of amides is 1. The number of nitrogen functional groups attached to an aromatic ring is 1. The minimum atomic E-state index is -0.486. The van der Waals surface area contributed by atoms with Crippen LogP contribution in [-0.4, -0.2) is 47.2 Å². The summed E-state index contributed by atoms with van der Waals surface area (Å²) in [6.07, 6.45) is 0. The first-order valence-electron chi connectivity index (χ1n) is 10.3. The van der Waals surface area contributed by atoms with Gasteiger partial charge in [-0.2, -0.15) is 0 Å². The highest BCUT2D eigenvalue weighted by atomic mass is 16.5. The fourth-order valence-corrected chi connectivity index (χ4v) is 3.30. The smallest absolute Gasteiger partial charge is 0.280 e. The molecule has 0 saturated carbocycles.